The molecule has 1 heterocycles. The van der Waals surface area contributed by atoms with Crippen molar-refractivity contribution in [3.8, 4) is 0 Å². The predicted octanol–water partition coefficient (Wildman–Crippen LogP) is 2.03. The number of anilines is 1. The molecule has 3 heteroatoms. The third kappa shape index (κ3) is 3.88. The molecule has 1 unspecified atom stereocenters. The quantitative estimate of drug-likeness (QED) is 0.776. The number of nitrogens with two attached hydrogens (primary N) is 1. The lowest BCUT2D eigenvalue weighted by atomic mass is 9.96. The Bertz CT molecular complexity index is 279. The second kappa shape index (κ2) is 5.71. The van der Waals surface area contributed by atoms with Crippen molar-refractivity contribution in [3.05, 3.63) is 24.0 Å². The minimum absolute atomic E-state index is 0.520. The van der Waals surface area contributed by atoms with Crippen LogP contribution in [0.25, 0.3) is 0 Å². The van der Waals surface area contributed by atoms with Gasteiger partial charge in [0.1, 0.15) is 0 Å². The highest BCUT2D eigenvalue weighted by Gasteiger charge is 2.10. The summed E-state index contributed by atoms with van der Waals surface area (Å²) in [6.45, 7) is 8.03. The van der Waals surface area contributed by atoms with Crippen LogP contribution in [-0.4, -0.2) is 18.1 Å². The Hall–Kier alpha value is -1.09. The number of hydrogen-bond donors (Lipinski definition) is 2. The van der Waals surface area contributed by atoms with Gasteiger partial charge in [0, 0.05) is 12.2 Å². The van der Waals surface area contributed by atoms with E-state index >= 15 is 0 Å². The van der Waals surface area contributed by atoms with E-state index in [1.165, 1.54) is 0 Å². The molecule has 3 N–H and O–H groups in total. The molecule has 15 heavy (non-hydrogen) atoms. The van der Waals surface area contributed by atoms with Crippen LogP contribution < -0.4 is 11.1 Å². The molecule has 3 nitrogen and oxygen atoms in total. The van der Waals surface area contributed by atoms with E-state index in [1.54, 1.807) is 0 Å². The fourth-order valence-corrected chi connectivity index (χ4v) is 1.41. The zero-order valence-corrected chi connectivity index (χ0v) is 9.83. The van der Waals surface area contributed by atoms with Gasteiger partial charge in [-0.3, -0.25) is 4.98 Å². The molecule has 0 aliphatic heterocycles. The van der Waals surface area contributed by atoms with Crippen LogP contribution in [0.5, 0.6) is 0 Å². The third-order valence-electron chi connectivity index (χ3n) is 2.73. The number of nitrogens with one attached hydrogen (secondary N) is 1. The zero-order chi connectivity index (χ0) is 11.3. The Kier molecular flexibility index (Phi) is 4.56. The Morgan fingerprint density at radius 2 is 2.13 bits per heavy atom. The molecule has 1 aromatic heterocycles. The van der Waals surface area contributed by atoms with Crippen LogP contribution >= 0.6 is 0 Å². The van der Waals surface area contributed by atoms with Gasteiger partial charge in [0.25, 0.3) is 0 Å². The van der Waals surface area contributed by atoms with Crippen LogP contribution in [-0.2, 0) is 0 Å². The maximum atomic E-state index is 5.71. The molecule has 0 aliphatic carbocycles. The summed E-state index contributed by atoms with van der Waals surface area (Å²) in [6.07, 6.45) is 1.86. The maximum Gasteiger partial charge on any atom is 0.0527 e. The number of aryl methyl sites for hydroxylation is 1. The van der Waals surface area contributed by atoms with Crippen LogP contribution in [0.3, 0.4) is 0 Å². The molecule has 84 valence electrons. The molecule has 0 spiro atoms. The first-order valence-corrected chi connectivity index (χ1v) is 5.50. The summed E-state index contributed by atoms with van der Waals surface area (Å²) in [5.74, 6) is 1.13. The fraction of sp³-hybridized carbons (Fsp3) is 0.583. The molecular formula is C12H21N3. The summed E-state index contributed by atoms with van der Waals surface area (Å²) in [5, 5.41) is 3.36. The first-order chi connectivity index (χ1) is 7.13. The standard InChI is InChI=1S/C12H21N3/c1-9(2)11(6-13)7-15-12-5-4-10(3)14-8-12/h4-5,8-9,11,15H,6-7,13H2,1-3H3. The number of nitrogens with zero attached hydrogens (tertiary/aromatic N) is 1. The lowest BCUT2D eigenvalue weighted by Crippen LogP contribution is -2.27. The Morgan fingerprint density at radius 1 is 1.40 bits per heavy atom. The van der Waals surface area contributed by atoms with Gasteiger partial charge in [-0.15, -0.1) is 0 Å². The van der Waals surface area contributed by atoms with E-state index in [9.17, 15) is 0 Å². The lowest BCUT2D eigenvalue weighted by molar-refractivity contribution is 0.413. The van der Waals surface area contributed by atoms with Crippen molar-refractivity contribution < 1.29 is 0 Å². The van der Waals surface area contributed by atoms with Crippen LogP contribution in [0, 0.1) is 18.8 Å². The van der Waals surface area contributed by atoms with Gasteiger partial charge in [-0.2, -0.15) is 0 Å². The average Bonchev–Trinajstić information content (AvgIpc) is 2.21. The minimum Gasteiger partial charge on any atom is -0.383 e. The number of aromatic nitrogens is 1. The summed E-state index contributed by atoms with van der Waals surface area (Å²) in [7, 11) is 0. The number of pyridine rings is 1. The van der Waals surface area contributed by atoms with Gasteiger partial charge in [-0.05, 0) is 37.4 Å². The SMILES string of the molecule is Cc1ccc(NCC(CN)C(C)C)cn1. The number of hydrogen-bond acceptors (Lipinski definition) is 3. The molecule has 1 rings (SSSR count). The molecule has 0 bridgehead atoms. The van der Waals surface area contributed by atoms with Crippen molar-refractivity contribution >= 4 is 5.69 Å². The first-order valence-electron chi connectivity index (χ1n) is 5.50. The highest BCUT2D eigenvalue weighted by atomic mass is 14.9. The van der Waals surface area contributed by atoms with E-state index in [0.29, 0.717) is 11.8 Å². The highest BCUT2D eigenvalue weighted by molar-refractivity contribution is 5.40. The molecule has 0 radical (unpaired) electrons. The summed E-state index contributed by atoms with van der Waals surface area (Å²) < 4.78 is 0. The first kappa shape index (κ1) is 12.0. The Morgan fingerprint density at radius 3 is 2.60 bits per heavy atom. The molecule has 0 amide bonds. The fourth-order valence-electron chi connectivity index (χ4n) is 1.41. The van der Waals surface area contributed by atoms with E-state index in [4.69, 9.17) is 5.73 Å². The van der Waals surface area contributed by atoms with Gasteiger partial charge in [-0.1, -0.05) is 13.8 Å². The van der Waals surface area contributed by atoms with E-state index in [2.05, 4.69) is 30.2 Å². The predicted molar refractivity (Wildman–Crippen MR) is 64.8 cm³/mol. The number of rotatable bonds is 5. The van der Waals surface area contributed by atoms with Gasteiger partial charge < -0.3 is 11.1 Å². The molecular weight excluding hydrogens is 186 g/mol. The van der Waals surface area contributed by atoms with Crippen molar-refractivity contribution in [3.63, 3.8) is 0 Å². The Balaban J connectivity index is 2.45. The average molecular weight is 207 g/mol. The van der Waals surface area contributed by atoms with E-state index in [1.807, 2.05) is 19.2 Å². The summed E-state index contributed by atoms with van der Waals surface area (Å²) in [6, 6.07) is 4.06. The minimum atomic E-state index is 0.520. The van der Waals surface area contributed by atoms with Crippen LogP contribution in [0.1, 0.15) is 19.5 Å². The van der Waals surface area contributed by atoms with Crippen molar-refractivity contribution in [1.82, 2.24) is 4.98 Å². The zero-order valence-electron chi connectivity index (χ0n) is 9.83. The van der Waals surface area contributed by atoms with Gasteiger partial charge in [0.2, 0.25) is 0 Å². The molecule has 0 aromatic carbocycles. The van der Waals surface area contributed by atoms with Gasteiger partial charge in [0.15, 0.2) is 0 Å². The molecule has 0 saturated carbocycles. The van der Waals surface area contributed by atoms with Crippen molar-refractivity contribution in [1.29, 1.82) is 0 Å². The van der Waals surface area contributed by atoms with Gasteiger partial charge in [0.05, 0.1) is 11.9 Å². The second-order valence-corrected chi connectivity index (χ2v) is 4.31. The maximum absolute atomic E-state index is 5.71. The molecule has 1 aromatic rings. The van der Waals surface area contributed by atoms with Crippen LogP contribution in [0.4, 0.5) is 5.69 Å². The largest absolute Gasteiger partial charge is 0.383 e. The van der Waals surface area contributed by atoms with Crippen LogP contribution in [0.15, 0.2) is 18.3 Å². The topological polar surface area (TPSA) is 50.9 Å². The second-order valence-electron chi connectivity index (χ2n) is 4.31. The lowest BCUT2D eigenvalue weighted by Gasteiger charge is -2.19. The molecule has 0 aliphatic rings. The van der Waals surface area contributed by atoms with Gasteiger partial charge >= 0.3 is 0 Å². The van der Waals surface area contributed by atoms with Crippen LogP contribution in [0.2, 0.25) is 0 Å². The molecule has 0 saturated heterocycles. The van der Waals surface area contributed by atoms with Crippen molar-refractivity contribution in [2.24, 2.45) is 17.6 Å². The molecule has 0 fully saturated rings. The van der Waals surface area contributed by atoms with E-state index in [-0.39, 0.29) is 0 Å². The van der Waals surface area contributed by atoms with Crippen molar-refractivity contribution in [2.45, 2.75) is 20.8 Å². The third-order valence-corrected chi connectivity index (χ3v) is 2.73. The highest BCUT2D eigenvalue weighted by Crippen LogP contribution is 2.11. The van der Waals surface area contributed by atoms with E-state index < -0.39 is 0 Å². The summed E-state index contributed by atoms with van der Waals surface area (Å²) in [4.78, 5) is 4.23. The molecule has 1 atom stereocenters. The smallest absolute Gasteiger partial charge is 0.0527 e. The monoisotopic (exact) mass is 207 g/mol. The van der Waals surface area contributed by atoms with E-state index in [0.717, 1.165) is 24.5 Å². The normalized spacial score (nSPS) is 12.9. The summed E-state index contributed by atoms with van der Waals surface area (Å²) in [5.41, 5.74) is 7.82. The van der Waals surface area contributed by atoms with Crippen molar-refractivity contribution in [2.75, 3.05) is 18.4 Å². The van der Waals surface area contributed by atoms with Gasteiger partial charge in [-0.25, -0.2) is 0 Å². The summed E-state index contributed by atoms with van der Waals surface area (Å²) >= 11 is 0. The Labute approximate surface area is 92.1 Å².